The van der Waals surface area contributed by atoms with Crippen molar-refractivity contribution in [2.24, 2.45) is 0 Å². The van der Waals surface area contributed by atoms with E-state index in [0.29, 0.717) is 33.6 Å². The maximum Gasteiger partial charge on any atom is 0.295 e. The van der Waals surface area contributed by atoms with E-state index in [2.05, 4.69) is 51.9 Å². The maximum atomic E-state index is 11.7. The summed E-state index contributed by atoms with van der Waals surface area (Å²) in [6, 6.07) is 54.3. The number of hydrogen-bond acceptors (Lipinski definition) is 10. The van der Waals surface area contributed by atoms with E-state index >= 15 is 0 Å². The highest BCUT2D eigenvalue weighted by atomic mass is 79.9. The van der Waals surface area contributed by atoms with Gasteiger partial charge in [0.2, 0.25) is 0 Å². The quantitative estimate of drug-likeness (QED) is 0.0915. The van der Waals surface area contributed by atoms with Gasteiger partial charge in [0, 0.05) is 68.6 Å². The van der Waals surface area contributed by atoms with E-state index in [-0.39, 0.29) is 11.4 Å². The fourth-order valence-corrected chi connectivity index (χ4v) is 8.18. The number of fused-ring (bicyclic) bond motifs is 4. The van der Waals surface area contributed by atoms with Crippen LogP contribution >= 0.6 is 15.9 Å². The Kier molecular flexibility index (Phi) is 12.1. The molecule has 15 heteroatoms. The summed E-state index contributed by atoms with van der Waals surface area (Å²) in [5.74, 6) is 0.759. The molecule has 0 atom stereocenters. The minimum atomic E-state index is -0.418. The molecule has 0 aliphatic heterocycles. The van der Waals surface area contributed by atoms with E-state index in [1.165, 1.54) is 17.8 Å². The average Bonchev–Trinajstić information content (AvgIpc) is 4.06. The van der Waals surface area contributed by atoms with Crippen LogP contribution in [-0.2, 0) is 0 Å². The lowest BCUT2D eigenvalue weighted by atomic mass is 10.0. The lowest BCUT2D eigenvalue weighted by Crippen LogP contribution is -1.98. The van der Waals surface area contributed by atoms with E-state index in [0.717, 1.165) is 60.0 Å². The topological polar surface area (TPSA) is 184 Å². The molecule has 0 amide bonds. The number of para-hydroxylation sites is 2. The van der Waals surface area contributed by atoms with Crippen LogP contribution in [0.4, 0.5) is 11.4 Å². The summed E-state index contributed by atoms with van der Waals surface area (Å²) < 4.78 is 2.80. The van der Waals surface area contributed by atoms with Gasteiger partial charge in [0.05, 0.1) is 43.4 Å². The van der Waals surface area contributed by atoms with Crippen LogP contribution in [0, 0.1) is 20.2 Å². The summed E-state index contributed by atoms with van der Waals surface area (Å²) in [5.41, 5.74) is 8.79. The highest BCUT2D eigenvalue weighted by Crippen LogP contribution is 2.35. The molecule has 12 rings (SSSR count). The summed E-state index contributed by atoms with van der Waals surface area (Å²) in [5, 5.41) is 27.1. The van der Waals surface area contributed by atoms with Gasteiger partial charge in [-0.3, -0.25) is 24.8 Å². The van der Waals surface area contributed by atoms with Crippen LogP contribution in [0.25, 0.3) is 94.5 Å². The number of nitrogens with zero attached hydrogens (tertiary/aromatic N) is 9. The zero-order chi connectivity index (χ0) is 47.3. The second-order valence-corrected chi connectivity index (χ2v) is 16.4. The van der Waals surface area contributed by atoms with Gasteiger partial charge < -0.3 is 4.98 Å². The first-order valence-electron chi connectivity index (χ1n) is 21.4. The summed E-state index contributed by atoms with van der Waals surface area (Å²) in [4.78, 5) is 51.9. The Balaban J connectivity index is 0.000000136. The van der Waals surface area contributed by atoms with Crippen LogP contribution in [-0.4, -0.2) is 49.3 Å². The molecule has 0 aliphatic rings. The summed E-state index contributed by atoms with van der Waals surface area (Å²) in [6.45, 7) is 0. The van der Waals surface area contributed by atoms with E-state index in [1.54, 1.807) is 30.7 Å². The van der Waals surface area contributed by atoms with Gasteiger partial charge in [0.15, 0.2) is 0 Å². The third-order valence-corrected chi connectivity index (χ3v) is 11.7. The predicted octanol–water partition coefficient (Wildman–Crippen LogP) is 13.4. The first-order chi connectivity index (χ1) is 33.8. The van der Waals surface area contributed by atoms with Gasteiger partial charge >= 0.3 is 0 Å². The highest BCUT2D eigenvalue weighted by molar-refractivity contribution is 9.10. The second kappa shape index (κ2) is 19.2. The number of halogens is 1. The minimum Gasteiger partial charge on any atom is -0.346 e. The van der Waals surface area contributed by atoms with Crippen molar-refractivity contribution >= 4 is 71.2 Å². The zero-order valence-corrected chi connectivity index (χ0v) is 37.8. The van der Waals surface area contributed by atoms with E-state index in [1.807, 2.05) is 162 Å². The summed E-state index contributed by atoms with van der Waals surface area (Å²) in [7, 11) is 0. The summed E-state index contributed by atoms with van der Waals surface area (Å²) in [6.07, 6.45) is 9.62. The second-order valence-electron chi connectivity index (χ2n) is 15.6. The van der Waals surface area contributed by atoms with E-state index in [4.69, 9.17) is 4.98 Å². The van der Waals surface area contributed by atoms with Gasteiger partial charge in [-0.05, 0) is 82.7 Å². The number of aromatic amines is 1. The number of nitrogens with one attached hydrogen (secondary N) is 1. The van der Waals surface area contributed by atoms with Crippen molar-refractivity contribution in [3.63, 3.8) is 0 Å². The van der Waals surface area contributed by atoms with Crippen molar-refractivity contribution in [3.05, 3.63) is 232 Å². The standard InChI is InChI=1S/C27H17N5O2.C18H12N4O2.C9H6BrN/c33-32(34)25-17-28-24(18-6-2-1-3-7-18)15-22(25)21-14-20-12-13-31(27(20)29-16-21)26-11-10-19-8-4-5-9-23(19)30-26;23-22(24)17-11-20-16(12-4-2-1-3-5-12)9-15(17)14-8-13-6-7-19-18(13)21-10-14;10-9-6-5-7-3-1-2-4-8(7)11-9/h1-17H;1-11H,(H,19,21);1-6H. The first-order valence-corrected chi connectivity index (χ1v) is 22.2. The van der Waals surface area contributed by atoms with E-state index < -0.39 is 9.85 Å². The third-order valence-electron chi connectivity index (χ3n) is 11.2. The molecule has 0 saturated carbocycles. The van der Waals surface area contributed by atoms with Crippen LogP contribution in [0.1, 0.15) is 0 Å². The van der Waals surface area contributed by atoms with Crippen LogP contribution in [0.2, 0.25) is 0 Å². The van der Waals surface area contributed by atoms with Gasteiger partial charge in [0.25, 0.3) is 11.4 Å². The SMILES string of the molecule is Brc1ccc2ccccc2n1.O=[N+]([O-])c1cnc(-c2ccccc2)cc1-c1cnc2[nH]ccc2c1.O=[N+]([O-])c1cnc(-c2ccccc2)cc1-c1cnc2c(ccn2-c2ccc3ccccc3n2)c1. The Bertz CT molecular complexity index is 3850. The van der Waals surface area contributed by atoms with Gasteiger partial charge in [0.1, 0.15) is 34.1 Å². The lowest BCUT2D eigenvalue weighted by Gasteiger charge is -2.08. The molecule has 332 valence electrons. The summed E-state index contributed by atoms with van der Waals surface area (Å²) >= 11 is 3.32. The molecule has 1 N–H and O–H groups in total. The molecule has 8 aromatic heterocycles. The number of hydrogen-bond donors (Lipinski definition) is 1. The number of aromatic nitrogens is 8. The molecule has 14 nitrogen and oxygen atoms in total. The maximum absolute atomic E-state index is 11.7. The smallest absolute Gasteiger partial charge is 0.295 e. The Morgan fingerprint density at radius 3 is 1.62 bits per heavy atom. The molecule has 0 unspecified atom stereocenters. The third kappa shape index (κ3) is 9.38. The van der Waals surface area contributed by atoms with Crippen molar-refractivity contribution in [1.82, 2.24) is 39.5 Å². The van der Waals surface area contributed by atoms with Gasteiger partial charge in [-0.15, -0.1) is 0 Å². The molecule has 0 spiro atoms. The number of pyridine rings is 6. The lowest BCUT2D eigenvalue weighted by molar-refractivity contribution is -0.384. The molecule has 12 aromatic rings. The van der Waals surface area contributed by atoms with Crippen molar-refractivity contribution < 1.29 is 9.85 Å². The molecular formula is C54H35BrN10O4. The Labute approximate surface area is 401 Å². The first kappa shape index (κ1) is 43.5. The fraction of sp³-hybridized carbons (Fsp3) is 0. The number of rotatable bonds is 7. The van der Waals surface area contributed by atoms with Crippen molar-refractivity contribution in [3.8, 4) is 50.6 Å². The Hall–Kier alpha value is -9.34. The largest absolute Gasteiger partial charge is 0.346 e. The van der Waals surface area contributed by atoms with E-state index in [9.17, 15) is 20.2 Å². The molecule has 0 bridgehead atoms. The van der Waals surface area contributed by atoms with Crippen molar-refractivity contribution in [2.45, 2.75) is 0 Å². The number of H-pyrrole nitrogens is 1. The fourth-order valence-electron chi connectivity index (χ4n) is 7.86. The van der Waals surface area contributed by atoms with Crippen molar-refractivity contribution in [1.29, 1.82) is 0 Å². The van der Waals surface area contributed by atoms with Crippen LogP contribution in [0.3, 0.4) is 0 Å². The van der Waals surface area contributed by atoms with Crippen LogP contribution < -0.4 is 0 Å². The highest BCUT2D eigenvalue weighted by Gasteiger charge is 2.20. The molecule has 4 aromatic carbocycles. The Morgan fingerprint density at radius 1 is 0.478 bits per heavy atom. The number of benzene rings is 4. The minimum absolute atomic E-state index is 0.0358. The Morgan fingerprint density at radius 2 is 1.01 bits per heavy atom. The predicted molar refractivity (Wildman–Crippen MR) is 273 cm³/mol. The molecule has 0 fully saturated rings. The number of nitro groups is 2. The molecule has 0 radical (unpaired) electrons. The van der Waals surface area contributed by atoms with Gasteiger partial charge in [-0.1, -0.05) is 103 Å². The molecular weight excluding hydrogens is 933 g/mol. The van der Waals surface area contributed by atoms with Gasteiger partial charge in [-0.25, -0.2) is 29.9 Å². The molecule has 0 aliphatic carbocycles. The normalized spacial score (nSPS) is 10.9. The van der Waals surface area contributed by atoms with Crippen LogP contribution in [0.5, 0.6) is 0 Å². The molecule has 0 saturated heterocycles. The van der Waals surface area contributed by atoms with Crippen LogP contribution in [0.15, 0.2) is 212 Å². The van der Waals surface area contributed by atoms with Gasteiger partial charge in [-0.2, -0.15) is 0 Å². The monoisotopic (exact) mass is 966 g/mol. The van der Waals surface area contributed by atoms with Crippen molar-refractivity contribution in [2.75, 3.05) is 0 Å². The molecule has 8 heterocycles. The zero-order valence-electron chi connectivity index (χ0n) is 36.2. The molecule has 69 heavy (non-hydrogen) atoms. The average molecular weight is 968 g/mol.